The fourth-order valence-corrected chi connectivity index (χ4v) is 3.89. The molecule has 2 fully saturated rings. The first-order valence-corrected chi connectivity index (χ1v) is 8.68. The van der Waals surface area contributed by atoms with Crippen LogP contribution in [0.5, 0.6) is 0 Å². The summed E-state index contributed by atoms with van der Waals surface area (Å²) in [6.45, 7) is 5.77. The lowest BCUT2D eigenvalue weighted by Crippen LogP contribution is -2.54. The van der Waals surface area contributed by atoms with E-state index in [0.29, 0.717) is 5.92 Å². The predicted molar refractivity (Wildman–Crippen MR) is 91.6 cm³/mol. The average molecular weight is 334 g/mol. The second-order valence-electron chi connectivity index (χ2n) is 7.56. The van der Waals surface area contributed by atoms with E-state index >= 15 is 0 Å². The van der Waals surface area contributed by atoms with Gasteiger partial charge in [0.15, 0.2) is 0 Å². The van der Waals surface area contributed by atoms with Gasteiger partial charge in [-0.15, -0.1) is 0 Å². The largest absolute Gasteiger partial charge is 0.341 e. The highest BCUT2D eigenvalue weighted by Gasteiger charge is 2.38. The predicted octanol–water partition coefficient (Wildman–Crippen LogP) is 1.36. The summed E-state index contributed by atoms with van der Waals surface area (Å²) in [5.74, 6) is 0.529. The molecular weight excluding hydrogens is 307 g/mol. The Balaban J connectivity index is 1.64. The van der Waals surface area contributed by atoms with Crippen molar-refractivity contribution in [3.63, 3.8) is 0 Å². The molecule has 2 heterocycles. The Morgan fingerprint density at radius 2 is 2.04 bits per heavy atom. The molecule has 0 saturated carbocycles. The Hall–Kier alpha value is -1.50. The molecule has 0 aliphatic carbocycles. The van der Waals surface area contributed by atoms with E-state index in [1.807, 2.05) is 11.0 Å². The second-order valence-corrected chi connectivity index (χ2v) is 7.56. The van der Waals surface area contributed by atoms with E-state index in [2.05, 4.69) is 10.9 Å². The maximum Gasteiger partial charge on any atom is 0.242 e. The lowest BCUT2D eigenvalue weighted by atomic mass is 9.80. The van der Waals surface area contributed by atoms with Crippen LogP contribution in [0.1, 0.15) is 38.2 Å². The minimum atomic E-state index is -0.815. The van der Waals surface area contributed by atoms with Gasteiger partial charge in [0.25, 0.3) is 0 Å². The normalized spacial score (nSPS) is 25.9. The summed E-state index contributed by atoms with van der Waals surface area (Å²) >= 11 is 0. The minimum absolute atomic E-state index is 0.0140. The van der Waals surface area contributed by atoms with Crippen LogP contribution in [-0.2, 0) is 4.79 Å². The summed E-state index contributed by atoms with van der Waals surface area (Å²) < 4.78 is 13.5. The van der Waals surface area contributed by atoms with E-state index in [4.69, 9.17) is 5.73 Å². The number of nitrogens with zero attached hydrogens (tertiary/aromatic N) is 1. The quantitative estimate of drug-likeness (QED) is 0.781. The van der Waals surface area contributed by atoms with Crippen molar-refractivity contribution in [1.82, 2.24) is 15.8 Å². The molecule has 0 aromatic heterocycles. The number of hydrazine groups is 1. The maximum absolute atomic E-state index is 13.5. The first-order chi connectivity index (χ1) is 11.4. The highest BCUT2D eigenvalue weighted by Crippen LogP contribution is 2.32. The van der Waals surface area contributed by atoms with E-state index in [-0.39, 0.29) is 23.7 Å². The number of nitrogens with two attached hydrogens (primary N) is 1. The van der Waals surface area contributed by atoms with Crippen LogP contribution in [0.3, 0.4) is 0 Å². The fraction of sp³-hybridized carbons (Fsp3) is 0.611. The number of halogens is 1. The molecule has 0 spiro atoms. The second kappa shape index (κ2) is 6.78. The Labute approximate surface area is 142 Å². The Morgan fingerprint density at radius 3 is 2.67 bits per heavy atom. The van der Waals surface area contributed by atoms with Crippen LogP contribution in [-0.4, -0.2) is 42.0 Å². The summed E-state index contributed by atoms with van der Waals surface area (Å²) in [5.41, 5.74) is 12.7. The number of nitrogens with one attached hydrogen (secondary N) is 2. The molecule has 5 nitrogen and oxygen atoms in total. The molecule has 2 saturated heterocycles. The molecule has 4 N–H and O–H groups in total. The van der Waals surface area contributed by atoms with E-state index in [1.54, 1.807) is 26.0 Å². The number of carbonyl (C=O) groups excluding carboxylic acids is 1. The fourth-order valence-electron chi connectivity index (χ4n) is 3.89. The van der Waals surface area contributed by atoms with E-state index in [1.165, 1.54) is 6.07 Å². The lowest BCUT2D eigenvalue weighted by molar-refractivity contribution is -0.137. The number of amides is 1. The number of benzene rings is 1. The number of likely N-dealkylation sites (tertiary alicyclic amines) is 1. The van der Waals surface area contributed by atoms with Gasteiger partial charge >= 0.3 is 0 Å². The van der Waals surface area contributed by atoms with E-state index in [9.17, 15) is 9.18 Å². The van der Waals surface area contributed by atoms with Gasteiger partial charge in [-0.25, -0.2) is 4.39 Å². The average Bonchev–Trinajstić information content (AvgIpc) is 3.03. The van der Waals surface area contributed by atoms with Crippen molar-refractivity contribution in [2.45, 2.75) is 44.2 Å². The molecule has 6 heteroatoms. The molecule has 0 bridgehead atoms. The monoisotopic (exact) mass is 334 g/mol. The molecule has 3 rings (SSSR count). The van der Waals surface area contributed by atoms with Crippen molar-refractivity contribution in [3.8, 4) is 0 Å². The number of carbonyl (C=O) groups is 1. The number of hydrogen-bond acceptors (Lipinski definition) is 4. The lowest BCUT2D eigenvalue weighted by Gasteiger charge is -2.38. The van der Waals surface area contributed by atoms with Crippen LogP contribution >= 0.6 is 0 Å². The zero-order chi connectivity index (χ0) is 17.3. The molecule has 2 aliphatic heterocycles. The van der Waals surface area contributed by atoms with Gasteiger partial charge in [-0.1, -0.05) is 12.1 Å². The molecule has 0 radical (unpaired) electrons. The summed E-state index contributed by atoms with van der Waals surface area (Å²) in [6, 6.07) is 7.12. The van der Waals surface area contributed by atoms with E-state index in [0.717, 1.165) is 38.0 Å². The van der Waals surface area contributed by atoms with Crippen LogP contribution in [0.15, 0.2) is 24.3 Å². The topological polar surface area (TPSA) is 70.4 Å². The van der Waals surface area contributed by atoms with Gasteiger partial charge in [-0.05, 0) is 50.3 Å². The van der Waals surface area contributed by atoms with Crippen molar-refractivity contribution in [2.24, 2.45) is 11.7 Å². The Bertz CT molecular complexity index is 593. The molecule has 2 unspecified atom stereocenters. The third kappa shape index (κ3) is 3.61. The first-order valence-electron chi connectivity index (χ1n) is 8.68. The molecular formula is C18H27FN4O. The van der Waals surface area contributed by atoms with Crippen molar-refractivity contribution in [2.75, 3.05) is 19.6 Å². The van der Waals surface area contributed by atoms with E-state index < -0.39 is 5.54 Å². The van der Waals surface area contributed by atoms with Gasteiger partial charge in [-0.2, -0.15) is 0 Å². The maximum atomic E-state index is 13.5. The standard InChI is InChI=1S/C18H27FN4O/c1-18(2,20)17(24)23-8-6-12(7-9-23)16-15(11-21-22-16)13-4-3-5-14(19)10-13/h3-5,10,12,15-16,21-22H,6-9,11,20H2,1-2H3. The molecule has 1 amide bonds. The Kier molecular flexibility index (Phi) is 4.90. The molecule has 132 valence electrons. The van der Waals surface area contributed by atoms with Crippen LogP contribution in [0.2, 0.25) is 0 Å². The third-order valence-corrected chi connectivity index (χ3v) is 5.19. The minimum Gasteiger partial charge on any atom is -0.341 e. The number of rotatable bonds is 3. The van der Waals surface area contributed by atoms with Gasteiger partial charge in [0.2, 0.25) is 5.91 Å². The summed E-state index contributed by atoms with van der Waals surface area (Å²) in [6.07, 6.45) is 1.87. The van der Waals surface area contributed by atoms with Crippen LogP contribution in [0.4, 0.5) is 4.39 Å². The summed E-state index contributed by atoms with van der Waals surface area (Å²) in [7, 11) is 0. The summed E-state index contributed by atoms with van der Waals surface area (Å²) in [5, 5.41) is 0. The number of piperidine rings is 1. The van der Waals surface area contributed by atoms with Crippen molar-refractivity contribution < 1.29 is 9.18 Å². The first kappa shape index (κ1) is 17.3. The summed E-state index contributed by atoms with van der Waals surface area (Å²) in [4.78, 5) is 14.2. The highest BCUT2D eigenvalue weighted by molar-refractivity contribution is 5.85. The van der Waals surface area contributed by atoms with Crippen LogP contribution in [0.25, 0.3) is 0 Å². The highest BCUT2D eigenvalue weighted by atomic mass is 19.1. The van der Waals surface area contributed by atoms with Crippen LogP contribution in [0, 0.1) is 11.7 Å². The van der Waals surface area contributed by atoms with Gasteiger partial charge < -0.3 is 10.6 Å². The molecule has 24 heavy (non-hydrogen) atoms. The number of hydrogen-bond donors (Lipinski definition) is 3. The van der Waals surface area contributed by atoms with Crippen LogP contribution < -0.4 is 16.6 Å². The van der Waals surface area contributed by atoms with Crippen molar-refractivity contribution >= 4 is 5.91 Å². The zero-order valence-corrected chi connectivity index (χ0v) is 14.4. The van der Waals surface area contributed by atoms with Gasteiger partial charge in [0.05, 0.1) is 5.54 Å². The van der Waals surface area contributed by atoms with Crippen molar-refractivity contribution in [1.29, 1.82) is 0 Å². The molecule has 1 aromatic carbocycles. The smallest absolute Gasteiger partial charge is 0.242 e. The van der Waals surface area contributed by atoms with Gasteiger partial charge in [0, 0.05) is 31.6 Å². The molecule has 2 aliphatic rings. The zero-order valence-electron chi connectivity index (χ0n) is 14.4. The Morgan fingerprint density at radius 1 is 1.33 bits per heavy atom. The van der Waals surface area contributed by atoms with Crippen molar-refractivity contribution in [3.05, 3.63) is 35.6 Å². The van der Waals surface area contributed by atoms with Gasteiger partial charge in [-0.3, -0.25) is 15.6 Å². The molecule has 2 atom stereocenters. The van der Waals surface area contributed by atoms with Gasteiger partial charge in [0.1, 0.15) is 5.82 Å². The third-order valence-electron chi connectivity index (χ3n) is 5.19. The molecule has 1 aromatic rings. The SMILES string of the molecule is CC(C)(N)C(=O)N1CCC(C2NNCC2c2cccc(F)c2)CC1.